The van der Waals surface area contributed by atoms with E-state index in [2.05, 4.69) is 39.5 Å². The van der Waals surface area contributed by atoms with E-state index >= 15 is 0 Å². The first kappa shape index (κ1) is 51.7. The molecule has 0 aliphatic heterocycles. The summed E-state index contributed by atoms with van der Waals surface area (Å²) in [6.07, 6.45) is 37.9. The number of hydrogen-bond donors (Lipinski definition) is 0. The normalized spacial score (nSPS) is 12.1. The third-order valence-electron chi connectivity index (χ3n) is 11.0. The third kappa shape index (κ3) is 36.1. The fourth-order valence-corrected chi connectivity index (χ4v) is 7.37. The van der Waals surface area contributed by atoms with Gasteiger partial charge >= 0.3 is 12.1 Å². The van der Waals surface area contributed by atoms with Crippen molar-refractivity contribution < 1.29 is 23.8 Å². The predicted molar refractivity (Wildman–Crippen MR) is 228 cm³/mol. The van der Waals surface area contributed by atoms with E-state index in [1.165, 1.54) is 148 Å². The lowest BCUT2D eigenvalue weighted by molar-refractivity contribution is -0.149. The first-order valence-electron chi connectivity index (χ1n) is 23.7. The Morgan fingerprint density at radius 1 is 0.396 bits per heavy atom. The summed E-state index contributed by atoms with van der Waals surface area (Å²) in [6, 6.07) is 0. The molecule has 0 saturated carbocycles. The Kier molecular flexibility index (Phi) is 40.8. The van der Waals surface area contributed by atoms with Gasteiger partial charge in [-0.05, 0) is 83.3 Å². The van der Waals surface area contributed by atoms with Crippen LogP contribution < -0.4 is 0 Å². The fourth-order valence-electron chi connectivity index (χ4n) is 7.37. The van der Waals surface area contributed by atoms with Gasteiger partial charge in [-0.15, -0.1) is 0 Å². The molecule has 0 bridgehead atoms. The molecule has 0 heterocycles. The van der Waals surface area contributed by atoms with Crippen LogP contribution in [0.3, 0.4) is 0 Å². The maximum absolute atomic E-state index is 12.9. The number of esters is 1. The number of hydrogen-bond acceptors (Lipinski definition) is 6. The third-order valence-corrected chi connectivity index (χ3v) is 11.0. The summed E-state index contributed by atoms with van der Waals surface area (Å²) in [5.74, 6) is 0.642. The molecule has 1 unspecified atom stereocenters. The van der Waals surface area contributed by atoms with Crippen LogP contribution in [0.5, 0.6) is 0 Å². The van der Waals surface area contributed by atoms with Crippen LogP contribution in [0.25, 0.3) is 0 Å². The van der Waals surface area contributed by atoms with Crippen molar-refractivity contribution in [1.82, 2.24) is 4.90 Å². The highest BCUT2D eigenvalue weighted by molar-refractivity contribution is 5.72. The van der Waals surface area contributed by atoms with E-state index in [4.69, 9.17) is 14.2 Å². The van der Waals surface area contributed by atoms with Gasteiger partial charge in [-0.1, -0.05) is 182 Å². The van der Waals surface area contributed by atoms with Gasteiger partial charge in [-0.2, -0.15) is 0 Å². The minimum atomic E-state index is -0.480. The van der Waals surface area contributed by atoms with Crippen LogP contribution in [0.1, 0.15) is 240 Å². The molecule has 0 saturated heterocycles. The highest BCUT2D eigenvalue weighted by atomic mass is 16.7. The van der Waals surface area contributed by atoms with Crippen LogP contribution in [-0.4, -0.2) is 56.5 Å². The Morgan fingerprint density at radius 3 is 1.28 bits per heavy atom. The molecule has 0 rings (SSSR count). The second-order valence-corrected chi connectivity index (χ2v) is 16.3. The molecule has 6 heteroatoms. The largest absolute Gasteiger partial charge is 0.508 e. The number of carbonyl (C=O) groups excluding carboxylic acids is 2. The maximum Gasteiger partial charge on any atom is 0.508 e. The van der Waals surface area contributed by atoms with Gasteiger partial charge in [-0.25, -0.2) is 4.79 Å². The van der Waals surface area contributed by atoms with Crippen molar-refractivity contribution in [3.05, 3.63) is 0 Å². The van der Waals surface area contributed by atoms with E-state index in [0.717, 1.165) is 77.3 Å². The standard InChI is InChI=1S/C47H93NO5/c1-6-11-16-20-21-29-37-45(36-28-19-14-9-4)46(49)51-41-32-24-22-30-39-48(38-15-10-5)40-31-23-25-33-42-52-47(50)53-43-44(34-26-17-12-7-2)35-27-18-13-8-3/h44-45H,6-43H2,1-5H3. The summed E-state index contributed by atoms with van der Waals surface area (Å²) >= 11 is 0. The lowest BCUT2D eigenvalue weighted by Crippen LogP contribution is -2.27. The number of carbonyl (C=O) groups is 2. The van der Waals surface area contributed by atoms with Crippen molar-refractivity contribution in [3.8, 4) is 0 Å². The second-order valence-electron chi connectivity index (χ2n) is 16.3. The summed E-state index contributed by atoms with van der Waals surface area (Å²) in [4.78, 5) is 27.9. The molecule has 1 atom stereocenters. The molecule has 53 heavy (non-hydrogen) atoms. The monoisotopic (exact) mass is 752 g/mol. The first-order chi connectivity index (χ1) is 26.0. The van der Waals surface area contributed by atoms with Crippen molar-refractivity contribution in [2.24, 2.45) is 11.8 Å². The first-order valence-corrected chi connectivity index (χ1v) is 23.7. The Balaban J connectivity index is 4.19. The van der Waals surface area contributed by atoms with Crippen molar-refractivity contribution in [1.29, 1.82) is 0 Å². The van der Waals surface area contributed by atoms with E-state index in [1.807, 2.05) is 0 Å². The van der Waals surface area contributed by atoms with Crippen LogP contribution in [0.15, 0.2) is 0 Å². The summed E-state index contributed by atoms with van der Waals surface area (Å²) < 4.78 is 16.8. The molecule has 6 nitrogen and oxygen atoms in total. The minimum absolute atomic E-state index is 0.0671. The number of unbranched alkanes of at least 4 members (excludes halogenated alkanes) is 21. The van der Waals surface area contributed by atoms with Gasteiger partial charge in [0.2, 0.25) is 0 Å². The zero-order chi connectivity index (χ0) is 38.9. The predicted octanol–water partition coefficient (Wildman–Crippen LogP) is 14.8. The van der Waals surface area contributed by atoms with Gasteiger partial charge < -0.3 is 19.1 Å². The smallest absolute Gasteiger partial charge is 0.465 e. The van der Waals surface area contributed by atoms with Crippen LogP contribution in [-0.2, 0) is 19.0 Å². The lowest BCUT2D eigenvalue weighted by Gasteiger charge is -2.22. The summed E-state index contributed by atoms with van der Waals surface area (Å²) in [7, 11) is 0. The Hall–Kier alpha value is -1.30. The molecule has 0 N–H and O–H groups in total. The van der Waals surface area contributed by atoms with E-state index in [9.17, 15) is 9.59 Å². The van der Waals surface area contributed by atoms with Crippen LogP contribution in [0, 0.1) is 11.8 Å². The van der Waals surface area contributed by atoms with Crippen molar-refractivity contribution in [2.45, 2.75) is 240 Å². The lowest BCUT2D eigenvalue weighted by atomic mass is 9.94. The average molecular weight is 752 g/mol. The molecule has 0 aromatic heterocycles. The molecule has 316 valence electrons. The van der Waals surface area contributed by atoms with Crippen molar-refractivity contribution in [3.63, 3.8) is 0 Å². The highest BCUT2D eigenvalue weighted by Gasteiger charge is 2.19. The Labute approximate surface area is 331 Å². The molecule has 0 fully saturated rings. The zero-order valence-corrected chi connectivity index (χ0v) is 36.5. The average Bonchev–Trinajstić information content (AvgIpc) is 3.16. The molecule has 0 aromatic carbocycles. The van der Waals surface area contributed by atoms with Crippen LogP contribution >= 0.6 is 0 Å². The van der Waals surface area contributed by atoms with Crippen molar-refractivity contribution >= 4 is 12.1 Å². The molecule has 0 radical (unpaired) electrons. The topological polar surface area (TPSA) is 65.1 Å². The van der Waals surface area contributed by atoms with E-state index in [1.54, 1.807) is 0 Å². The molecule has 0 aromatic rings. The Bertz CT molecular complexity index is 749. The second kappa shape index (κ2) is 41.9. The van der Waals surface area contributed by atoms with Crippen molar-refractivity contribution in [2.75, 3.05) is 39.5 Å². The zero-order valence-electron chi connectivity index (χ0n) is 36.5. The van der Waals surface area contributed by atoms with Crippen LogP contribution in [0.4, 0.5) is 4.79 Å². The number of ether oxygens (including phenoxy) is 3. The van der Waals surface area contributed by atoms with Gasteiger partial charge in [0.1, 0.15) is 0 Å². The number of nitrogens with zero attached hydrogens (tertiary/aromatic N) is 1. The number of rotatable bonds is 42. The van der Waals surface area contributed by atoms with Gasteiger partial charge in [0.15, 0.2) is 0 Å². The Morgan fingerprint density at radius 2 is 0.774 bits per heavy atom. The molecular weight excluding hydrogens is 659 g/mol. The SMILES string of the molecule is CCCCCCCCC(CCCCCC)C(=O)OCCCCCCN(CCCC)CCCCCCOC(=O)OCC(CCCCCC)CCCCCC. The van der Waals surface area contributed by atoms with Gasteiger partial charge in [-0.3, -0.25) is 4.79 Å². The molecule has 0 amide bonds. The highest BCUT2D eigenvalue weighted by Crippen LogP contribution is 2.22. The van der Waals surface area contributed by atoms with E-state index in [-0.39, 0.29) is 11.9 Å². The van der Waals surface area contributed by atoms with E-state index in [0.29, 0.717) is 25.7 Å². The maximum atomic E-state index is 12.9. The molecule has 0 aliphatic carbocycles. The minimum Gasteiger partial charge on any atom is -0.465 e. The van der Waals surface area contributed by atoms with E-state index < -0.39 is 6.16 Å². The van der Waals surface area contributed by atoms with Gasteiger partial charge in [0.25, 0.3) is 0 Å². The van der Waals surface area contributed by atoms with Gasteiger partial charge in [0.05, 0.1) is 25.7 Å². The summed E-state index contributed by atoms with van der Waals surface area (Å²) in [5, 5.41) is 0. The quantitative estimate of drug-likeness (QED) is 0.0457. The fraction of sp³-hybridized carbons (Fsp3) is 0.957. The summed E-state index contributed by atoms with van der Waals surface area (Å²) in [6.45, 7) is 16.3. The molecule has 0 aliphatic rings. The molecule has 0 spiro atoms. The molecular formula is C47H93NO5. The van der Waals surface area contributed by atoms with Gasteiger partial charge in [0, 0.05) is 0 Å². The van der Waals surface area contributed by atoms with Crippen LogP contribution in [0.2, 0.25) is 0 Å². The summed E-state index contributed by atoms with van der Waals surface area (Å²) in [5.41, 5.74) is 0.